The summed E-state index contributed by atoms with van der Waals surface area (Å²) in [5, 5.41) is 7.27. The maximum atomic E-state index is 12.3. The highest BCUT2D eigenvalue weighted by molar-refractivity contribution is 6.14. The second-order valence-corrected chi connectivity index (χ2v) is 7.11. The molecular weight excluding hydrogens is 385 g/mol. The third kappa shape index (κ3) is 4.28. The summed E-state index contributed by atoms with van der Waals surface area (Å²) in [6.45, 7) is 4.57. The molecule has 146 valence electrons. The zero-order valence-corrected chi connectivity index (χ0v) is 17.0. The minimum atomic E-state index is -0.169. The van der Waals surface area contributed by atoms with Crippen LogP contribution in [0.15, 0.2) is 35.2 Å². The molecule has 1 aliphatic heterocycles. The van der Waals surface area contributed by atoms with Crippen LogP contribution in [0.5, 0.6) is 0 Å². The molecule has 1 saturated carbocycles. The Bertz CT molecular complexity index is 876. The minimum absolute atomic E-state index is 0. The van der Waals surface area contributed by atoms with Gasteiger partial charge in [-0.15, -0.1) is 24.8 Å². The van der Waals surface area contributed by atoms with Crippen LogP contribution in [-0.4, -0.2) is 27.9 Å². The lowest BCUT2D eigenvalue weighted by atomic mass is 9.78. The molecular formula is C19H25Cl2N5O. The fraction of sp³-hybridized carbons (Fsp3) is 0.421. The molecule has 1 amide bonds. The number of halogens is 2. The molecule has 0 radical (unpaired) electrons. The van der Waals surface area contributed by atoms with Gasteiger partial charge in [-0.1, -0.05) is 26.7 Å². The van der Waals surface area contributed by atoms with E-state index in [1.807, 2.05) is 18.3 Å². The first-order chi connectivity index (χ1) is 12.1. The van der Waals surface area contributed by atoms with Crippen LogP contribution in [-0.2, 0) is 4.79 Å². The number of hydrogen-bond acceptors (Lipinski definition) is 4. The summed E-state index contributed by atoms with van der Waals surface area (Å²) in [7, 11) is 0. The summed E-state index contributed by atoms with van der Waals surface area (Å²) in [5.41, 5.74) is 2.14. The Morgan fingerprint density at radius 3 is 2.89 bits per heavy atom. The van der Waals surface area contributed by atoms with Gasteiger partial charge >= 0.3 is 0 Å². The molecule has 1 fully saturated rings. The van der Waals surface area contributed by atoms with E-state index in [-0.39, 0.29) is 30.7 Å². The van der Waals surface area contributed by atoms with Gasteiger partial charge in [-0.2, -0.15) is 0 Å². The third-order valence-corrected chi connectivity index (χ3v) is 5.50. The van der Waals surface area contributed by atoms with Crippen LogP contribution in [0.4, 0.5) is 0 Å². The number of H-pyrrole nitrogens is 1. The number of pyridine rings is 1. The van der Waals surface area contributed by atoms with Gasteiger partial charge in [0.05, 0.1) is 0 Å². The monoisotopic (exact) mass is 409 g/mol. The van der Waals surface area contributed by atoms with E-state index in [2.05, 4.69) is 39.4 Å². The number of aromatic nitrogens is 2. The average Bonchev–Trinajstić information content (AvgIpc) is 3.16. The number of rotatable bonds is 2. The quantitative estimate of drug-likeness (QED) is 0.661. The number of fused-ring (bicyclic) bond motifs is 1. The van der Waals surface area contributed by atoms with Crippen molar-refractivity contribution in [3.8, 4) is 0 Å². The molecule has 0 spiro atoms. The number of aromatic amines is 1. The zero-order chi connectivity index (χ0) is 17.4. The molecule has 6 nitrogen and oxygen atoms in total. The Hall–Kier alpha value is -2.05. The lowest BCUT2D eigenvalue weighted by Gasteiger charge is -2.34. The van der Waals surface area contributed by atoms with E-state index in [0.717, 1.165) is 23.0 Å². The van der Waals surface area contributed by atoms with Gasteiger partial charge in [0.1, 0.15) is 11.3 Å². The largest absolute Gasteiger partial charge is 0.353 e. The summed E-state index contributed by atoms with van der Waals surface area (Å²) < 4.78 is 0. The van der Waals surface area contributed by atoms with Gasteiger partial charge in [-0.3, -0.25) is 10.1 Å². The van der Waals surface area contributed by atoms with E-state index >= 15 is 0 Å². The average molecular weight is 410 g/mol. The van der Waals surface area contributed by atoms with Crippen LogP contribution in [0.1, 0.15) is 38.7 Å². The fourth-order valence-corrected chi connectivity index (χ4v) is 3.74. The van der Waals surface area contributed by atoms with E-state index in [1.165, 1.54) is 12.8 Å². The molecule has 3 heterocycles. The third-order valence-electron chi connectivity index (χ3n) is 5.50. The van der Waals surface area contributed by atoms with Gasteiger partial charge < -0.3 is 10.3 Å². The number of nitrogens with zero attached hydrogens (tertiary/aromatic N) is 2. The summed E-state index contributed by atoms with van der Waals surface area (Å²) in [6, 6.07) is 4.22. The van der Waals surface area contributed by atoms with Gasteiger partial charge in [0, 0.05) is 29.4 Å². The van der Waals surface area contributed by atoms with Crippen LogP contribution in [0.3, 0.4) is 0 Å². The van der Waals surface area contributed by atoms with Gasteiger partial charge in [0.15, 0.2) is 0 Å². The van der Waals surface area contributed by atoms with Gasteiger partial charge in [-0.25, -0.2) is 9.98 Å². The predicted molar refractivity (Wildman–Crippen MR) is 113 cm³/mol. The lowest BCUT2D eigenvalue weighted by Crippen LogP contribution is -2.48. The van der Waals surface area contributed by atoms with Crippen molar-refractivity contribution in [3.05, 3.63) is 35.8 Å². The van der Waals surface area contributed by atoms with E-state index in [4.69, 9.17) is 0 Å². The molecule has 0 saturated heterocycles. The molecule has 2 aromatic rings. The number of carbonyl (C=O) groups excluding carboxylic acids is 1. The van der Waals surface area contributed by atoms with Crippen molar-refractivity contribution in [2.75, 3.05) is 0 Å². The number of hydrogen-bond donors (Lipinski definition) is 3. The fourth-order valence-electron chi connectivity index (χ4n) is 3.74. The Morgan fingerprint density at radius 2 is 2.07 bits per heavy atom. The number of nitrogens with one attached hydrogen (secondary N) is 3. The van der Waals surface area contributed by atoms with Crippen molar-refractivity contribution in [2.45, 2.75) is 39.2 Å². The van der Waals surface area contributed by atoms with Crippen molar-refractivity contribution in [2.24, 2.45) is 16.8 Å². The number of amides is 1. The van der Waals surface area contributed by atoms with Crippen LogP contribution in [0, 0.1) is 11.8 Å². The SMILES string of the molecule is CC1CCCC(NC2=N/C(=C\c3c[nH]c4ncccc34)C(=O)N2)C1C.Cl.Cl. The van der Waals surface area contributed by atoms with Crippen molar-refractivity contribution < 1.29 is 4.79 Å². The number of aliphatic imine (C=N–C) groups is 1. The Balaban J connectivity index is 0.00000131. The molecule has 8 heteroatoms. The van der Waals surface area contributed by atoms with E-state index < -0.39 is 0 Å². The van der Waals surface area contributed by atoms with Crippen molar-refractivity contribution >= 4 is 53.8 Å². The van der Waals surface area contributed by atoms with Crippen molar-refractivity contribution in [1.82, 2.24) is 20.6 Å². The van der Waals surface area contributed by atoms with E-state index in [1.54, 1.807) is 12.3 Å². The highest BCUT2D eigenvalue weighted by Crippen LogP contribution is 2.29. The van der Waals surface area contributed by atoms with Crippen molar-refractivity contribution in [3.63, 3.8) is 0 Å². The summed E-state index contributed by atoms with van der Waals surface area (Å²) >= 11 is 0. The van der Waals surface area contributed by atoms with E-state index in [0.29, 0.717) is 29.5 Å². The molecule has 0 aromatic carbocycles. The second kappa shape index (κ2) is 8.76. The Labute approximate surface area is 171 Å². The second-order valence-electron chi connectivity index (χ2n) is 7.11. The highest BCUT2D eigenvalue weighted by atomic mass is 35.5. The topological polar surface area (TPSA) is 82.2 Å². The number of carbonyl (C=O) groups is 1. The molecule has 3 atom stereocenters. The molecule has 3 N–H and O–H groups in total. The molecule has 2 aliphatic rings. The van der Waals surface area contributed by atoms with Gasteiger partial charge in [0.25, 0.3) is 5.91 Å². The van der Waals surface area contributed by atoms with Crippen LogP contribution in [0.2, 0.25) is 0 Å². The lowest BCUT2D eigenvalue weighted by molar-refractivity contribution is -0.115. The maximum Gasteiger partial charge on any atom is 0.276 e. The standard InChI is InChI=1S/C19H23N5O.2ClH/c1-11-5-3-7-15(12(11)2)22-19-23-16(18(25)24-19)9-13-10-21-17-14(13)6-4-8-20-17;;/h4,6,8-12,15H,3,5,7H2,1-2H3,(H,20,21)(H2,22,23,24,25);2*1H/b16-9-;;. The smallest absolute Gasteiger partial charge is 0.276 e. The Morgan fingerprint density at radius 1 is 1.26 bits per heavy atom. The van der Waals surface area contributed by atoms with Crippen LogP contribution in [0.25, 0.3) is 17.1 Å². The van der Waals surface area contributed by atoms with Gasteiger partial charge in [-0.05, 0) is 36.5 Å². The Kier molecular flexibility index (Phi) is 6.89. The first-order valence-electron chi connectivity index (χ1n) is 8.92. The normalized spacial score (nSPS) is 26.1. The van der Waals surface area contributed by atoms with Crippen molar-refractivity contribution in [1.29, 1.82) is 0 Å². The van der Waals surface area contributed by atoms with Gasteiger partial charge in [0.2, 0.25) is 5.96 Å². The highest BCUT2D eigenvalue weighted by Gasteiger charge is 2.30. The van der Waals surface area contributed by atoms with Crippen LogP contribution < -0.4 is 10.6 Å². The maximum absolute atomic E-state index is 12.3. The molecule has 0 bridgehead atoms. The molecule has 4 rings (SSSR count). The minimum Gasteiger partial charge on any atom is -0.353 e. The number of guanidine groups is 1. The molecule has 3 unspecified atom stereocenters. The first kappa shape index (κ1) is 21.3. The molecule has 2 aromatic heterocycles. The first-order valence-corrected chi connectivity index (χ1v) is 8.92. The van der Waals surface area contributed by atoms with E-state index in [9.17, 15) is 4.79 Å². The molecule has 27 heavy (non-hydrogen) atoms. The summed E-state index contributed by atoms with van der Waals surface area (Å²) in [5.74, 6) is 1.66. The molecule has 1 aliphatic carbocycles. The summed E-state index contributed by atoms with van der Waals surface area (Å²) in [6.07, 6.45) is 9.01. The predicted octanol–water partition coefficient (Wildman–Crippen LogP) is 3.65. The summed E-state index contributed by atoms with van der Waals surface area (Å²) in [4.78, 5) is 24.1. The zero-order valence-electron chi connectivity index (χ0n) is 15.4. The van der Waals surface area contributed by atoms with Crippen LogP contribution >= 0.6 is 24.8 Å².